The lowest BCUT2D eigenvalue weighted by Gasteiger charge is -2.10. The summed E-state index contributed by atoms with van der Waals surface area (Å²) < 4.78 is 10.9. The molecule has 0 aliphatic carbocycles. The number of rotatable bonds is 0. The highest BCUT2D eigenvalue weighted by Gasteiger charge is 2.07. The topological polar surface area (TPSA) is 72.8 Å². The van der Waals surface area contributed by atoms with Crippen LogP contribution in [0.5, 0.6) is 0 Å². The highest BCUT2D eigenvalue weighted by atomic mass is 16.5. The third kappa shape index (κ3) is 14.1. The van der Waals surface area contributed by atoms with Crippen LogP contribution in [0.4, 0.5) is 0 Å². The molecule has 1 rings (SSSR count). The predicted molar refractivity (Wildman–Crippen MR) is 97.7 cm³/mol. The molecule has 1 atom stereocenters. The Morgan fingerprint density at radius 2 is 1.04 bits per heavy atom. The molecule has 0 spiro atoms. The van der Waals surface area contributed by atoms with Gasteiger partial charge in [-0.15, -0.1) is 0 Å². The van der Waals surface area contributed by atoms with E-state index in [2.05, 4.69) is 0 Å². The van der Waals surface area contributed by atoms with Crippen LogP contribution < -0.4 is 0 Å². The van der Waals surface area contributed by atoms with Crippen molar-refractivity contribution in [3.63, 3.8) is 0 Å². The molecular weight excluding hydrogens is 320 g/mol. The Balaban J connectivity index is 2.23. The maximum absolute atomic E-state index is 11.8. The van der Waals surface area contributed by atoms with Crippen LogP contribution >= 0.6 is 0 Å². The molecule has 0 aromatic carbocycles. The molecule has 146 valence electrons. The average molecular weight is 357 g/mol. The Morgan fingerprint density at radius 1 is 0.600 bits per heavy atom. The minimum absolute atomic E-state index is 0.269. The molecule has 0 amide bonds. The van der Waals surface area contributed by atoms with Crippen LogP contribution in [0, 0.1) is 0 Å². The summed E-state index contributed by atoms with van der Waals surface area (Å²) in [5.74, 6) is 0.605. The van der Waals surface area contributed by atoms with Crippen LogP contribution in [-0.2, 0) is 19.1 Å². The number of carbonyl (C=O) groups is 2. The van der Waals surface area contributed by atoms with E-state index in [-0.39, 0.29) is 6.10 Å². The van der Waals surface area contributed by atoms with Crippen molar-refractivity contribution in [1.82, 2.24) is 0 Å². The van der Waals surface area contributed by atoms with Crippen LogP contribution in [0.2, 0.25) is 0 Å². The number of aliphatic hydroxyl groups is 1. The molecule has 1 saturated heterocycles. The quantitative estimate of drug-likeness (QED) is 0.718. The fourth-order valence-corrected chi connectivity index (χ4v) is 3.04. The van der Waals surface area contributed by atoms with E-state index in [0.29, 0.717) is 63.7 Å². The highest BCUT2D eigenvalue weighted by Crippen LogP contribution is 2.13. The number of ketones is 2. The predicted octanol–water partition coefficient (Wildman–Crippen LogP) is 3.60. The van der Waals surface area contributed by atoms with E-state index in [4.69, 9.17) is 9.47 Å². The van der Waals surface area contributed by atoms with Crippen molar-refractivity contribution in [1.29, 1.82) is 0 Å². The smallest absolute Gasteiger partial charge is 0.132 e. The second kappa shape index (κ2) is 15.5. The molecule has 5 heteroatoms. The lowest BCUT2D eigenvalue weighted by atomic mass is 10.0. The molecular formula is C20H36O5. The molecule has 25 heavy (non-hydrogen) atoms. The lowest BCUT2D eigenvalue weighted by molar-refractivity contribution is -0.120. The molecule has 1 aliphatic heterocycles. The average Bonchev–Trinajstić information content (AvgIpc) is 2.59. The third-order valence-corrected chi connectivity index (χ3v) is 4.60. The van der Waals surface area contributed by atoms with Crippen LogP contribution in [0.1, 0.15) is 83.5 Å². The second-order valence-corrected chi connectivity index (χ2v) is 7.01. The van der Waals surface area contributed by atoms with Crippen LogP contribution in [-0.4, -0.2) is 49.2 Å². The van der Waals surface area contributed by atoms with Crippen molar-refractivity contribution in [3.05, 3.63) is 0 Å². The standard InChI is InChI=1S/C20H36O5/c21-18-8-2-1-3-9-19(22)12-6-14-24-16-17-25-15-7-13-20(23)11-5-4-10-18/h18,21H,1-17H2. The Labute approximate surface area is 152 Å². The minimum Gasteiger partial charge on any atom is -0.393 e. The van der Waals surface area contributed by atoms with E-state index in [1.165, 1.54) is 0 Å². The van der Waals surface area contributed by atoms with Gasteiger partial charge in [0.15, 0.2) is 0 Å². The van der Waals surface area contributed by atoms with Crippen LogP contribution in [0.15, 0.2) is 0 Å². The molecule has 0 aromatic heterocycles. The Kier molecular flexibility index (Phi) is 13.8. The van der Waals surface area contributed by atoms with E-state index >= 15 is 0 Å². The summed E-state index contributed by atoms with van der Waals surface area (Å²) in [6, 6.07) is 0. The van der Waals surface area contributed by atoms with Gasteiger partial charge in [0.05, 0.1) is 19.3 Å². The maximum Gasteiger partial charge on any atom is 0.132 e. The number of Topliss-reactive ketones (excluding diaryl/α,β-unsaturated/α-hetero) is 2. The first kappa shape index (κ1) is 22.3. The highest BCUT2D eigenvalue weighted by molar-refractivity contribution is 5.78. The molecule has 1 unspecified atom stereocenters. The van der Waals surface area contributed by atoms with Gasteiger partial charge in [-0.3, -0.25) is 9.59 Å². The summed E-state index contributed by atoms with van der Waals surface area (Å²) in [7, 11) is 0. The molecule has 1 fully saturated rings. The largest absolute Gasteiger partial charge is 0.393 e. The maximum atomic E-state index is 11.8. The first-order chi connectivity index (χ1) is 12.2. The monoisotopic (exact) mass is 356 g/mol. The van der Waals surface area contributed by atoms with Gasteiger partial charge in [-0.25, -0.2) is 0 Å². The van der Waals surface area contributed by atoms with Gasteiger partial charge in [0.25, 0.3) is 0 Å². The molecule has 1 N–H and O–H groups in total. The first-order valence-electron chi connectivity index (χ1n) is 10.1. The fraction of sp³-hybridized carbons (Fsp3) is 0.900. The summed E-state index contributed by atoms with van der Waals surface area (Å²) in [4.78, 5) is 23.5. The van der Waals surface area contributed by atoms with Gasteiger partial charge in [-0.1, -0.05) is 19.3 Å². The minimum atomic E-state index is -0.269. The number of aliphatic hydroxyl groups excluding tert-OH is 1. The molecule has 0 saturated carbocycles. The summed E-state index contributed by atoms with van der Waals surface area (Å²) in [5, 5.41) is 9.96. The van der Waals surface area contributed by atoms with Crippen molar-refractivity contribution in [3.8, 4) is 0 Å². The summed E-state index contributed by atoms with van der Waals surface area (Å²) in [6.07, 6.45) is 9.88. The van der Waals surface area contributed by atoms with Crippen molar-refractivity contribution >= 4 is 11.6 Å². The van der Waals surface area contributed by atoms with E-state index in [1.807, 2.05) is 0 Å². The number of carbonyl (C=O) groups excluding carboxylic acids is 2. The Bertz CT molecular complexity index is 356. The number of ether oxygens (including phenoxy) is 2. The molecule has 0 bridgehead atoms. The van der Waals surface area contributed by atoms with Crippen molar-refractivity contribution < 1.29 is 24.2 Å². The molecule has 1 aliphatic rings. The van der Waals surface area contributed by atoms with Gasteiger partial charge in [0.1, 0.15) is 11.6 Å². The normalized spacial score (nSPS) is 25.7. The Hall–Kier alpha value is -0.780. The summed E-state index contributed by atoms with van der Waals surface area (Å²) in [6.45, 7) is 2.27. The van der Waals surface area contributed by atoms with E-state index < -0.39 is 0 Å². The second-order valence-electron chi connectivity index (χ2n) is 7.01. The van der Waals surface area contributed by atoms with Gasteiger partial charge in [0, 0.05) is 38.9 Å². The van der Waals surface area contributed by atoms with Gasteiger partial charge < -0.3 is 14.6 Å². The molecule has 0 radical (unpaired) electrons. The van der Waals surface area contributed by atoms with Crippen molar-refractivity contribution in [2.75, 3.05) is 26.4 Å². The SMILES string of the molecule is O=C1CCCCCC(O)CCCCC(=O)CCCOCCOCCC1. The lowest BCUT2D eigenvalue weighted by Crippen LogP contribution is -2.09. The van der Waals surface area contributed by atoms with Gasteiger partial charge in [-0.2, -0.15) is 0 Å². The van der Waals surface area contributed by atoms with E-state index in [9.17, 15) is 14.7 Å². The Morgan fingerprint density at radius 3 is 1.60 bits per heavy atom. The van der Waals surface area contributed by atoms with Crippen LogP contribution in [0.25, 0.3) is 0 Å². The van der Waals surface area contributed by atoms with E-state index in [1.54, 1.807) is 0 Å². The van der Waals surface area contributed by atoms with Gasteiger partial charge >= 0.3 is 0 Å². The number of hydrogen-bond acceptors (Lipinski definition) is 5. The third-order valence-electron chi connectivity index (χ3n) is 4.60. The summed E-state index contributed by atoms with van der Waals surface area (Å²) in [5.41, 5.74) is 0. The first-order valence-corrected chi connectivity index (χ1v) is 10.1. The summed E-state index contributed by atoms with van der Waals surface area (Å²) >= 11 is 0. The van der Waals surface area contributed by atoms with Gasteiger partial charge in [0.2, 0.25) is 0 Å². The fourth-order valence-electron chi connectivity index (χ4n) is 3.04. The molecule has 5 nitrogen and oxygen atoms in total. The number of hydrogen-bond donors (Lipinski definition) is 1. The zero-order valence-electron chi connectivity index (χ0n) is 15.7. The zero-order chi connectivity index (χ0) is 18.2. The van der Waals surface area contributed by atoms with E-state index in [0.717, 1.165) is 57.8 Å². The van der Waals surface area contributed by atoms with Gasteiger partial charge in [-0.05, 0) is 38.5 Å². The zero-order valence-corrected chi connectivity index (χ0v) is 15.7. The molecule has 0 aromatic rings. The molecule has 1 heterocycles. The van der Waals surface area contributed by atoms with Crippen molar-refractivity contribution in [2.45, 2.75) is 89.6 Å². The van der Waals surface area contributed by atoms with Crippen LogP contribution in [0.3, 0.4) is 0 Å². The van der Waals surface area contributed by atoms with Crippen molar-refractivity contribution in [2.24, 2.45) is 0 Å².